The van der Waals surface area contributed by atoms with Gasteiger partial charge in [0.2, 0.25) is 17.7 Å². The van der Waals surface area contributed by atoms with Crippen molar-refractivity contribution in [3.63, 3.8) is 0 Å². The fourth-order valence-electron chi connectivity index (χ4n) is 5.99. The van der Waals surface area contributed by atoms with Crippen LogP contribution in [0.3, 0.4) is 0 Å². The molecular weight excluding hydrogens is 588 g/mol. The molecule has 0 aromatic heterocycles. The Kier molecular flexibility index (Phi) is 9.64. The SMILES string of the molecule is C=CC(=O)Nc1ccc(CC(=O)N2C(C)CCN([C@H](Cc3cccc4ccccc34)C(N)=O)C(=O)C2c2cccc(Cl)c2)cc1. The number of nitrogens with two attached hydrogens (primary N) is 1. The normalized spacial score (nSPS) is 17.4. The van der Waals surface area contributed by atoms with Crippen LogP contribution in [0.25, 0.3) is 10.8 Å². The molecule has 0 saturated carbocycles. The monoisotopic (exact) mass is 622 g/mol. The minimum absolute atomic E-state index is 0.0274. The number of nitrogens with one attached hydrogen (secondary N) is 1. The van der Waals surface area contributed by atoms with Gasteiger partial charge >= 0.3 is 0 Å². The van der Waals surface area contributed by atoms with Crippen LogP contribution >= 0.6 is 11.6 Å². The number of benzene rings is 4. The molecule has 1 aliphatic rings. The van der Waals surface area contributed by atoms with Crippen molar-refractivity contribution in [1.82, 2.24) is 9.80 Å². The molecule has 1 fully saturated rings. The van der Waals surface area contributed by atoms with E-state index in [-0.39, 0.29) is 43.1 Å². The van der Waals surface area contributed by atoms with Gasteiger partial charge in [0, 0.05) is 29.7 Å². The Morgan fingerprint density at radius 2 is 1.73 bits per heavy atom. The Hall–Kier alpha value is -4.95. The molecule has 4 amide bonds. The van der Waals surface area contributed by atoms with Crippen molar-refractivity contribution in [3.05, 3.63) is 125 Å². The third-order valence-corrected chi connectivity index (χ3v) is 8.51. The van der Waals surface area contributed by atoms with E-state index in [0.29, 0.717) is 28.3 Å². The first kappa shape index (κ1) is 31.5. The van der Waals surface area contributed by atoms with Gasteiger partial charge in [0.05, 0.1) is 6.42 Å². The molecule has 2 unspecified atom stereocenters. The molecule has 8 nitrogen and oxygen atoms in total. The van der Waals surface area contributed by atoms with E-state index in [1.807, 2.05) is 49.4 Å². The van der Waals surface area contributed by atoms with Gasteiger partial charge in [-0.3, -0.25) is 19.2 Å². The number of primary amides is 1. The van der Waals surface area contributed by atoms with Crippen molar-refractivity contribution in [1.29, 1.82) is 0 Å². The minimum Gasteiger partial charge on any atom is -0.368 e. The van der Waals surface area contributed by atoms with Crippen molar-refractivity contribution >= 4 is 51.7 Å². The number of hydrogen-bond donors (Lipinski definition) is 2. The minimum atomic E-state index is -1.02. The van der Waals surface area contributed by atoms with Crippen molar-refractivity contribution < 1.29 is 19.2 Å². The van der Waals surface area contributed by atoms with E-state index in [1.165, 1.54) is 11.0 Å². The Bertz CT molecular complexity index is 1750. The Labute approximate surface area is 267 Å². The number of anilines is 1. The van der Waals surface area contributed by atoms with Gasteiger partial charge in [-0.05, 0) is 71.1 Å². The van der Waals surface area contributed by atoms with Crippen molar-refractivity contribution in [3.8, 4) is 0 Å². The molecular formula is C36H35ClN4O4. The van der Waals surface area contributed by atoms with Crippen LogP contribution in [0.5, 0.6) is 0 Å². The highest BCUT2D eigenvalue weighted by Crippen LogP contribution is 2.33. The van der Waals surface area contributed by atoms with Gasteiger partial charge < -0.3 is 20.9 Å². The molecule has 45 heavy (non-hydrogen) atoms. The smallest absolute Gasteiger partial charge is 0.250 e. The predicted octanol–water partition coefficient (Wildman–Crippen LogP) is 5.45. The van der Waals surface area contributed by atoms with Gasteiger partial charge in [0.15, 0.2) is 0 Å². The molecule has 4 aromatic carbocycles. The van der Waals surface area contributed by atoms with E-state index >= 15 is 0 Å². The number of halogens is 1. The number of nitrogens with zero attached hydrogens (tertiary/aromatic N) is 2. The fraction of sp³-hybridized carbons (Fsp3) is 0.222. The third-order valence-electron chi connectivity index (χ3n) is 8.27. The molecule has 4 aromatic rings. The topological polar surface area (TPSA) is 113 Å². The van der Waals surface area contributed by atoms with Gasteiger partial charge in [-0.25, -0.2) is 0 Å². The van der Waals surface area contributed by atoms with Gasteiger partial charge in [-0.15, -0.1) is 0 Å². The van der Waals surface area contributed by atoms with Crippen LogP contribution in [-0.4, -0.2) is 52.1 Å². The first-order valence-electron chi connectivity index (χ1n) is 14.8. The number of hydrogen-bond acceptors (Lipinski definition) is 4. The molecule has 3 N–H and O–H groups in total. The van der Waals surface area contributed by atoms with Crippen LogP contribution in [0.4, 0.5) is 5.69 Å². The summed E-state index contributed by atoms with van der Waals surface area (Å²) in [6, 6.07) is 25.3. The summed E-state index contributed by atoms with van der Waals surface area (Å²) in [5, 5.41) is 5.13. The maximum atomic E-state index is 14.6. The highest BCUT2D eigenvalue weighted by Gasteiger charge is 2.43. The van der Waals surface area contributed by atoms with Crippen molar-refractivity contribution in [2.24, 2.45) is 5.73 Å². The second-order valence-corrected chi connectivity index (χ2v) is 11.7. The zero-order valence-corrected chi connectivity index (χ0v) is 25.7. The van der Waals surface area contributed by atoms with Crippen LogP contribution in [0.15, 0.2) is 104 Å². The second kappa shape index (κ2) is 13.8. The van der Waals surface area contributed by atoms with E-state index in [9.17, 15) is 19.2 Å². The van der Waals surface area contributed by atoms with Crippen molar-refractivity contribution in [2.75, 3.05) is 11.9 Å². The Morgan fingerprint density at radius 1 is 1.02 bits per heavy atom. The first-order valence-corrected chi connectivity index (χ1v) is 15.2. The lowest BCUT2D eigenvalue weighted by Crippen LogP contribution is -2.52. The number of carbonyl (C=O) groups excluding carboxylic acids is 4. The number of amides is 4. The summed E-state index contributed by atoms with van der Waals surface area (Å²) in [6.07, 6.45) is 1.89. The highest BCUT2D eigenvalue weighted by atomic mass is 35.5. The largest absolute Gasteiger partial charge is 0.368 e. The summed E-state index contributed by atoms with van der Waals surface area (Å²) in [4.78, 5) is 56.5. The van der Waals surface area contributed by atoms with E-state index in [2.05, 4.69) is 11.9 Å². The van der Waals surface area contributed by atoms with Crippen LogP contribution in [0, 0.1) is 0 Å². The second-order valence-electron chi connectivity index (χ2n) is 11.3. The molecule has 1 saturated heterocycles. The van der Waals surface area contributed by atoms with E-state index in [1.54, 1.807) is 53.4 Å². The summed E-state index contributed by atoms with van der Waals surface area (Å²) in [5.41, 5.74) is 8.74. The zero-order chi connectivity index (χ0) is 32.1. The van der Waals surface area contributed by atoms with Crippen LogP contribution in [0.2, 0.25) is 5.02 Å². The number of fused-ring (bicyclic) bond motifs is 1. The number of rotatable bonds is 9. The van der Waals surface area contributed by atoms with Gasteiger partial charge in [-0.2, -0.15) is 0 Å². The van der Waals surface area contributed by atoms with E-state index in [0.717, 1.165) is 16.3 Å². The lowest BCUT2D eigenvalue weighted by atomic mass is 9.96. The molecule has 5 rings (SSSR count). The summed E-state index contributed by atoms with van der Waals surface area (Å²) >= 11 is 6.38. The predicted molar refractivity (Wildman–Crippen MR) is 176 cm³/mol. The summed E-state index contributed by atoms with van der Waals surface area (Å²) in [5.74, 6) is -1.59. The van der Waals surface area contributed by atoms with Crippen molar-refractivity contribution in [2.45, 2.75) is 44.3 Å². The molecule has 0 aliphatic carbocycles. The quantitative estimate of drug-likeness (QED) is 0.242. The third kappa shape index (κ3) is 7.07. The maximum Gasteiger partial charge on any atom is 0.250 e. The lowest BCUT2D eigenvalue weighted by molar-refractivity contribution is -0.148. The van der Waals surface area contributed by atoms with E-state index in [4.69, 9.17) is 17.3 Å². The maximum absolute atomic E-state index is 14.6. The molecule has 9 heteroatoms. The first-order chi connectivity index (χ1) is 21.7. The zero-order valence-electron chi connectivity index (χ0n) is 25.0. The summed E-state index contributed by atoms with van der Waals surface area (Å²) in [7, 11) is 0. The summed E-state index contributed by atoms with van der Waals surface area (Å²) in [6.45, 7) is 5.61. The van der Waals surface area contributed by atoms with Crippen LogP contribution in [-0.2, 0) is 32.0 Å². The molecule has 230 valence electrons. The lowest BCUT2D eigenvalue weighted by Gasteiger charge is -2.36. The Morgan fingerprint density at radius 3 is 2.44 bits per heavy atom. The number of carbonyl (C=O) groups is 4. The van der Waals surface area contributed by atoms with Gasteiger partial charge in [0.25, 0.3) is 5.91 Å². The van der Waals surface area contributed by atoms with E-state index < -0.39 is 18.0 Å². The average molecular weight is 623 g/mol. The van der Waals surface area contributed by atoms with Crippen LogP contribution in [0.1, 0.15) is 36.1 Å². The fourth-order valence-corrected chi connectivity index (χ4v) is 6.19. The van der Waals surface area contributed by atoms with Gasteiger partial charge in [-0.1, -0.05) is 84.9 Å². The van der Waals surface area contributed by atoms with Gasteiger partial charge in [0.1, 0.15) is 12.1 Å². The molecule has 1 aliphatic heterocycles. The molecule has 1 heterocycles. The standard InChI is InChI=1S/C36H35ClN4O4/c1-3-32(42)39-29-16-14-24(15-17-29)20-33(43)41-23(2)18-19-40(36(45)34(41)27-11-7-12-28(37)21-27)31(35(38)44)22-26-10-6-9-25-8-4-5-13-30(25)26/h3-17,21,23,31,34H,1,18-20,22H2,2H3,(H2,38,44)(H,39,42)/t23?,31-,34?/m1/s1. The molecule has 0 spiro atoms. The molecule has 0 bridgehead atoms. The molecule has 0 radical (unpaired) electrons. The summed E-state index contributed by atoms with van der Waals surface area (Å²) < 4.78 is 0. The van der Waals surface area contributed by atoms with Crippen LogP contribution < -0.4 is 11.1 Å². The average Bonchev–Trinajstić information content (AvgIpc) is 3.16. The Balaban J connectivity index is 1.48. The molecule has 3 atom stereocenters. The highest BCUT2D eigenvalue weighted by molar-refractivity contribution is 6.30.